The number of nitrogens with zero attached hydrogens (tertiary/aromatic N) is 5. The van der Waals surface area contributed by atoms with Crippen LogP contribution in [0.4, 0.5) is 10.1 Å². The molecule has 1 N–H and O–H groups in total. The van der Waals surface area contributed by atoms with Crippen LogP contribution in [0.25, 0.3) is 11.0 Å². The third-order valence-corrected chi connectivity index (χ3v) is 6.98. The second kappa shape index (κ2) is 8.20. The molecule has 2 aliphatic rings. The molecule has 2 aliphatic heterocycles. The number of piperidine rings is 1. The molecule has 2 aromatic heterocycles. The first-order valence-electron chi connectivity index (χ1n) is 11.2. The molecule has 31 heavy (non-hydrogen) atoms. The molecule has 2 fully saturated rings. The third kappa shape index (κ3) is 3.81. The van der Waals surface area contributed by atoms with E-state index >= 15 is 0 Å². The number of halogens is 1. The summed E-state index contributed by atoms with van der Waals surface area (Å²) in [4.78, 5) is 20.1. The lowest BCUT2D eigenvalue weighted by Crippen LogP contribution is -2.44. The van der Waals surface area contributed by atoms with Crippen LogP contribution in [0.2, 0.25) is 0 Å². The van der Waals surface area contributed by atoms with Gasteiger partial charge in [-0.3, -0.25) is 9.88 Å². The fourth-order valence-electron chi connectivity index (χ4n) is 5.08. The normalized spacial score (nSPS) is 25.9. The molecule has 2 saturated heterocycles. The second-order valence-electron chi connectivity index (χ2n) is 9.06. The number of hydrogen-bond donors (Lipinski definition) is 1. The molecular weight excluding hydrogens is 391 g/mol. The molecule has 0 aliphatic carbocycles. The molecule has 0 radical (unpaired) electrons. The number of likely N-dealkylation sites (tertiary alicyclic amines) is 1. The van der Waals surface area contributed by atoms with Crippen molar-refractivity contribution in [1.82, 2.24) is 24.8 Å². The van der Waals surface area contributed by atoms with Gasteiger partial charge in [0, 0.05) is 38.8 Å². The molecule has 164 valence electrons. The molecule has 7 heteroatoms. The number of anilines is 1. The van der Waals surface area contributed by atoms with E-state index in [4.69, 9.17) is 4.98 Å². The molecule has 1 aromatic carbocycles. The minimum absolute atomic E-state index is 0.0553. The summed E-state index contributed by atoms with van der Waals surface area (Å²) >= 11 is 0. The largest absolute Gasteiger partial charge is 0.367 e. The van der Waals surface area contributed by atoms with Crippen LogP contribution in [0.3, 0.4) is 0 Å². The molecular formula is C24H31FN6. The number of fused-ring (bicyclic) bond motifs is 1. The van der Waals surface area contributed by atoms with Crippen LogP contribution in [0.1, 0.15) is 42.0 Å². The van der Waals surface area contributed by atoms with Gasteiger partial charge in [0.15, 0.2) is 0 Å². The van der Waals surface area contributed by atoms with Gasteiger partial charge in [0.05, 0.1) is 29.0 Å². The Hall–Kier alpha value is -2.51. The van der Waals surface area contributed by atoms with Crippen LogP contribution in [-0.4, -0.2) is 71.2 Å². The maximum atomic E-state index is 14.9. The van der Waals surface area contributed by atoms with Gasteiger partial charge in [0.1, 0.15) is 17.5 Å². The molecule has 3 atom stereocenters. The number of aromatic nitrogens is 3. The summed E-state index contributed by atoms with van der Waals surface area (Å²) < 4.78 is 14.9. The number of H-pyrrole nitrogens is 1. The van der Waals surface area contributed by atoms with Crippen molar-refractivity contribution < 1.29 is 4.39 Å². The van der Waals surface area contributed by atoms with Crippen molar-refractivity contribution in [3.63, 3.8) is 0 Å². The van der Waals surface area contributed by atoms with Crippen LogP contribution in [0.15, 0.2) is 36.5 Å². The monoisotopic (exact) mass is 422 g/mol. The Morgan fingerprint density at radius 3 is 2.55 bits per heavy atom. The summed E-state index contributed by atoms with van der Waals surface area (Å²) in [6, 6.07) is 10.1. The van der Waals surface area contributed by atoms with Crippen LogP contribution < -0.4 is 4.90 Å². The van der Waals surface area contributed by atoms with Crippen LogP contribution in [0.5, 0.6) is 0 Å². The van der Waals surface area contributed by atoms with E-state index in [1.165, 1.54) is 5.69 Å². The van der Waals surface area contributed by atoms with E-state index in [-0.39, 0.29) is 12.1 Å². The summed E-state index contributed by atoms with van der Waals surface area (Å²) in [6.07, 6.45) is 1.84. The molecule has 3 aromatic rings. The van der Waals surface area contributed by atoms with Crippen molar-refractivity contribution in [1.29, 1.82) is 0 Å². The van der Waals surface area contributed by atoms with Gasteiger partial charge in [-0.05, 0) is 51.2 Å². The van der Waals surface area contributed by atoms with E-state index in [2.05, 4.69) is 70.0 Å². The van der Waals surface area contributed by atoms with Crippen molar-refractivity contribution in [2.45, 2.75) is 38.0 Å². The zero-order valence-electron chi connectivity index (χ0n) is 18.6. The number of rotatable bonds is 3. The molecule has 0 spiro atoms. The first-order valence-corrected chi connectivity index (χ1v) is 11.2. The minimum Gasteiger partial charge on any atom is -0.367 e. The van der Waals surface area contributed by atoms with Gasteiger partial charge >= 0.3 is 0 Å². The third-order valence-electron chi connectivity index (χ3n) is 6.98. The van der Waals surface area contributed by atoms with E-state index in [0.717, 1.165) is 54.3 Å². The summed E-state index contributed by atoms with van der Waals surface area (Å²) in [5.74, 6) is 0.847. The number of para-hydroxylation sites is 1. The standard InChI is InChI=1S/C24H31FN6/c1-16-6-5-9-26-22(16)20-14-17(25)15-21(30(20)3)24-27-18-7-4-8-19(23(18)28-24)31-12-10-29(2)11-13-31/h4-9,17,20-21H,10-15H2,1-3H3,(H,27,28)/t17-,20-,21+/m0/s1. The van der Waals surface area contributed by atoms with Gasteiger partial charge in [0.25, 0.3) is 0 Å². The molecule has 0 saturated carbocycles. The van der Waals surface area contributed by atoms with Crippen molar-refractivity contribution in [2.75, 3.05) is 45.2 Å². The first-order chi connectivity index (χ1) is 15.0. The number of benzene rings is 1. The predicted octanol–water partition coefficient (Wildman–Crippen LogP) is 3.86. The van der Waals surface area contributed by atoms with Gasteiger partial charge in [-0.15, -0.1) is 0 Å². The van der Waals surface area contributed by atoms with Crippen molar-refractivity contribution in [2.24, 2.45) is 0 Å². The minimum atomic E-state index is -0.877. The number of hydrogen-bond acceptors (Lipinski definition) is 5. The Bertz CT molecular complexity index is 1060. The van der Waals surface area contributed by atoms with Gasteiger partial charge in [-0.25, -0.2) is 9.37 Å². The fraction of sp³-hybridized carbons (Fsp3) is 0.500. The Balaban J connectivity index is 1.48. The van der Waals surface area contributed by atoms with Crippen molar-refractivity contribution >= 4 is 16.7 Å². The molecule has 6 nitrogen and oxygen atoms in total. The lowest BCUT2D eigenvalue weighted by Gasteiger charge is -2.40. The molecule has 0 unspecified atom stereocenters. The Kier molecular flexibility index (Phi) is 5.40. The number of nitrogens with one attached hydrogen (secondary N) is 1. The number of piperazine rings is 1. The summed E-state index contributed by atoms with van der Waals surface area (Å²) in [5.41, 5.74) is 5.25. The maximum Gasteiger partial charge on any atom is 0.124 e. The Labute approximate surface area is 183 Å². The molecule has 5 rings (SSSR count). The Morgan fingerprint density at radius 1 is 1.00 bits per heavy atom. The Morgan fingerprint density at radius 2 is 1.77 bits per heavy atom. The molecule has 0 bridgehead atoms. The first kappa shape index (κ1) is 20.4. The van der Waals surface area contributed by atoms with Gasteiger partial charge in [0.2, 0.25) is 0 Å². The zero-order valence-corrected chi connectivity index (χ0v) is 18.6. The van der Waals surface area contributed by atoms with Crippen LogP contribution in [0, 0.1) is 6.92 Å². The highest BCUT2D eigenvalue weighted by Gasteiger charge is 2.38. The highest BCUT2D eigenvalue weighted by Crippen LogP contribution is 2.41. The number of imidazole rings is 1. The summed E-state index contributed by atoms with van der Waals surface area (Å²) in [5, 5.41) is 0. The number of aromatic amines is 1. The van der Waals surface area contributed by atoms with Gasteiger partial charge in [-0.2, -0.15) is 0 Å². The van der Waals surface area contributed by atoms with E-state index in [1.807, 2.05) is 6.07 Å². The van der Waals surface area contributed by atoms with Gasteiger partial charge in [-0.1, -0.05) is 12.1 Å². The highest BCUT2D eigenvalue weighted by atomic mass is 19.1. The smallest absolute Gasteiger partial charge is 0.124 e. The topological polar surface area (TPSA) is 51.3 Å². The van der Waals surface area contributed by atoms with Crippen molar-refractivity contribution in [3.05, 3.63) is 53.6 Å². The molecule has 4 heterocycles. The number of likely N-dealkylation sites (N-methyl/N-ethyl adjacent to an activating group) is 1. The number of pyridine rings is 1. The highest BCUT2D eigenvalue weighted by molar-refractivity contribution is 5.89. The number of alkyl halides is 1. The maximum absolute atomic E-state index is 14.9. The van der Waals surface area contributed by atoms with Crippen LogP contribution in [-0.2, 0) is 0 Å². The van der Waals surface area contributed by atoms with E-state index in [9.17, 15) is 4.39 Å². The lowest BCUT2D eigenvalue weighted by molar-refractivity contribution is 0.0516. The summed E-state index contributed by atoms with van der Waals surface area (Å²) in [7, 11) is 4.24. The predicted molar refractivity (Wildman–Crippen MR) is 122 cm³/mol. The van der Waals surface area contributed by atoms with Crippen LogP contribution >= 0.6 is 0 Å². The quantitative estimate of drug-likeness (QED) is 0.695. The van der Waals surface area contributed by atoms with Gasteiger partial charge < -0.3 is 14.8 Å². The lowest BCUT2D eigenvalue weighted by atomic mass is 9.90. The van der Waals surface area contributed by atoms with E-state index in [0.29, 0.717) is 12.8 Å². The second-order valence-corrected chi connectivity index (χ2v) is 9.06. The average Bonchev–Trinajstić information content (AvgIpc) is 3.20. The van der Waals surface area contributed by atoms with E-state index in [1.54, 1.807) is 6.20 Å². The van der Waals surface area contributed by atoms with Crippen molar-refractivity contribution in [3.8, 4) is 0 Å². The van der Waals surface area contributed by atoms with E-state index < -0.39 is 6.17 Å². The number of aryl methyl sites for hydroxylation is 1. The SMILES string of the molecule is Cc1cccnc1[C@@H]1C[C@H](F)C[C@H](c2nc3c(N4CCN(C)CC4)cccc3[nH]2)N1C. The average molecular weight is 423 g/mol. The fourth-order valence-corrected chi connectivity index (χ4v) is 5.08. The summed E-state index contributed by atoms with van der Waals surface area (Å²) in [6.45, 7) is 6.14. The zero-order chi connectivity index (χ0) is 21.5. The molecule has 0 amide bonds.